The summed E-state index contributed by atoms with van der Waals surface area (Å²) in [5.41, 5.74) is 6.02. The van der Waals surface area contributed by atoms with Gasteiger partial charge < -0.3 is 15.5 Å². The Morgan fingerprint density at radius 1 is 1.00 bits per heavy atom. The summed E-state index contributed by atoms with van der Waals surface area (Å²) in [7, 11) is -4.67. The van der Waals surface area contributed by atoms with Crippen molar-refractivity contribution in [1.82, 2.24) is 19.6 Å². The van der Waals surface area contributed by atoms with Crippen molar-refractivity contribution in [1.29, 1.82) is 0 Å². The van der Waals surface area contributed by atoms with E-state index in [2.05, 4.69) is 30.0 Å². The van der Waals surface area contributed by atoms with E-state index in [1.54, 1.807) is 6.34 Å². The lowest BCUT2D eigenvalue weighted by atomic mass is 10.5. The average Bonchev–Trinajstić information content (AvgIpc) is 3.27. The molecule has 0 amide bonds. The molecule has 0 saturated carbocycles. The van der Waals surface area contributed by atoms with Gasteiger partial charge in [-0.2, -0.15) is 8.42 Å². The first-order valence-corrected chi connectivity index (χ1v) is 9.42. The Morgan fingerprint density at radius 2 is 1.58 bits per heavy atom. The molecule has 14 heteroatoms. The summed E-state index contributed by atoms with van der Waals surface area (Å²) in [5, 5.41) is 8.23. The highest BCUT2D eigenvalue weighted by Gasteiger charge is 2.31. The highest BCUT2D eigenvalue weighted by molar-refractivity contribution is 7.79. The van der Waals surface area contributed by atoms with Gasteiger partial charge in [0.25, 0.3) is 0 Å². The Labute approximate surface area is 150 Å². The highest BCUT2D eigenvalue weighted by atomic mass is 32.3. The first-order chi connectivity index (χ1) is 12.3. The molecule has 0 spiro atoms. The van der Waals surface area contributed by atoms with Gasteiger partial charge in [-0.15, -0.1) is 10.2 Å². The third kappa shape index (κ3) is 4.39. The normalized spacial score (nSPS) is 22.5. The van der Waals surface area contributed by atoms with Crippen LogP contribution in [0.4, 0.5) is 0 Å². The van der Waals surface area contributed by atoms with Gasteiger partial charge in [0.1, 0.15) is 6.34 Å². The molecule has 0 radical (unpaired) electrons. The largest absolute Gasteiger partial charge is 0.394 e. The summed E-state index contributed by atoms with van der Waals surface area (Å²) in [6, 6.07) is 0. The molecule has 0 unspecified atom stereocenters. The van der Waals surface area contributed by atoms with Crippen molar-refractivity contribution >= 4 is 34.6 Å². The minimum atomic E-state index is -4.67. The number of hydrogen-bond acceptors (Lipinski definition) is 8. The molecular weight excluding hydrogens is 366 g/mol. The lowest BCUT2D eigenvalue weighted by Crippen LogP contribution is -2.40. The molecule has 4 aliphatic heterocycles. The van der Waals surface area contributed by atoms with E-state index in [4.69, 9.17) is 23.3 Å². The summed E-state index contributed by atoms with van der Waals surface area (Å²) in [4.78, 5) is 17.3. The van der Waals surface area contributed by atoms with Crippen LogP contribution in [0.25, 0.3) is 0 Å². The Kier molecular flexibility index (Phi) is 5.24. The molecule has 0 aromatic carbocycles. The van der Waals surface area contributed by atoms with Crippen LogP contribution in [-0.2, 0) is 10.4 Å². The zero-order valence-electron chi connectivity index (χ0n) is 14.0. The zero-order valence-corrected chi connectivity index (χ0v) is 14.8. The van der Waals surface area contributed by atoms with E-state index in [1.807, 2.05) is 9.80 Å². The molecule has 0 atom stereocenters. The fourth-order valence-electron chi connectivity index (χ4n) is 3.07. The van der Waals surface area contributed by atoms with Crippen LogP contribution < -0.4 is 5.73 Å². The molecule has 4 heterocycles. The third-order valence-corrected chi connectivity index (χ3v) is 4.14. The van der Waals surface area contributed by atoms with Crippen molar-refractivity contribution in [3.05, 3.63) is 0 Å². The van der Waals surface area contributed by atoms with Crippen molar-refractivity contribution in [3.8, 4) is 0 Å². The van der Waals surface area contributed by atoms with Crippen LogP contribution >= 0.6 is 0 Å². The van der Waals surface area contributed by atoms with Crippen LogP contribution in [0.15, 0.2) is 20.2 Å². The summed E-state index contributed by atoms with van der Waals surface area (Å²) >= 11 is 0. The van der Waals surface area contributed by atoms with Gasteiger partial charge in [-0.25, -0.2) is 0 Å². The second-order valence-corrected chi connectivity index (χ2v) is 6.72. The minimum absolute atomic E-state index is 0.402. The third-order valence-electron chi connectivity index (χ3n) is 4.14. The topological polar surface area (TPSA) is 163 Å². The second kappa shape index (κ2) is 7.43. The monoisotopic (exact) mass is 387 g/mol. The number of nitrogens with zero attached hydrogens (tertiary/aromatic N) is 8. The van der Waals surface area contributed by atoms with Crippen LogP contribution in [-0.4, -0.2) is 114 Å². The predicted octanol–water partition coefficient (Wildman–Crippen LogP) is -2.43. The van der Waals surface area contributed by atoms with Crippen LogP contribution in [0.2, 0.25) is 0 Å². The van der Waals surface area contributed by atoms with Crippen LogP contribution in [0.3, 0.4) is 0 Å². The summed E-state index contributed by atoms with van der Waals surface area (Å²) in [6.45, 7) is 7.38. The molecule has 4 N–H and O–H groups in total. The fraction of sp³-hybridized carbons (Fsp3) is 0.667. The van der Waals surface area contributed by atoms with E-state index in [9.17, 15) is 0 Å². The standard InChI is InChI=1S/C12H19N9.H2O4S/c13-10(21-8-7-19-4-2-15-12(19)21)17-16-9-20-6-5-18-3-1-14-11(18)20;1-5(2,3)4/h9H,1-8H2,(H2,13,17);(H2,1,2,3,4)/b16-9+;. The molecule has 2 saturated heterocycles. The maximum absolute atomic E-state index is 8.74. The Hall–Kier alpha value is -2.45. The molecule has 26 heavy (non-hydrogen) atoms. The van der Waals surface area contributed by atoms with Crippen LogP contribution in [0, 0.1) is 0 Å². The molecule has 4 rings (SSSR count). The SMILES string of the molecule is NC(=N/N=C/N1CCN2CCN=C12)N1CCN2CCN=C21.O=S(=O)(O)O. The van der Waals surface area contributed by atoms with Crippen molar-refractivity contribution in [2.45, 2.75) is 0 Å². The van der Waals surface area contributed by atoms with Crippen molar-refractivity contribution in [2.75, 3.05) is 52.4 Å². The quantitative estimate of drug-likeness (QED) is 0.202. The van der Waals surface area contributed by atoms with Gasteiger partial charge in [0.05, 0.1) is 13.1 Å². The maximum atomic E-state index is 8.74. The second-order valence-electron chi connectivity index (χ2n) is 5.82. The van der Waals surface area contributed by atoms with Gasteiger partial charge in [0.15, 0.2) is 0 Å². The van der Waals surface area contributed by atoms with Crippen molar-refractivity contribution in [2.24, 2.45) is 25.9 Å². The maximum Gasteiger partial charge on any atom is 0.394 e. The van der Waals surface area contributed by atoms with Gasteiger partial charge in [-0.05, 0) is 0 Å². The van der Waals surface area contributed by atoms with Gasteiger partial charge in [-0.3, -0.25) is 28.9 Å². The van der Waals surface area contributed by atoms with E-state index in [-0.39, 0.29) is 0 Å². The van der Waals surface area contributed by atoms with Gasteiger partial charge in [0.2, 0.25) is 17.9 Å². The Bertz CT molecular complexity index is 755. The molecule has 0 aromatic heterocycles. The van der Waals surface area contributed by atoms with Crippen molar-refractivity contribution in [3.63, 3.8) is 0 Å². The average molecular weight is 387 g/mol. The lowest BCUT2D eigenvalue weighted by Gasteiger charge is -2.16. The molecule has 0 aliphatic carbocycles. The van der Waals surface area contributed by atoms with Gasteiger partial charge in [0, 0.05) is 39.3 Å². The van der Waals surface area contributed by atoms with E-state index < -0.39 is 10.4 Å². The molecule has 0 aromatic rings. The van der Waals surface area contributed by atoms with Crippen LogP contribution in [0.1, 0.15) is 0 Å². The van der Waals surface area contributed by atoms with Crippen molar-refractivity contribution < 1.29 is 17.5 Å². The number of hydrogen-bond donors (Lipinski definition) is 3. The Morgan fingerprint density at radius 3 is 2.27 bits per heavy atom. The van der Waals surface area contributed by atoms with E-state index in [0.717, 1.165) is 64.3 Å². The van der Waals surface area contributed by atoms with Gasteiger partial charge >= 0.3 is 10.4 Å². The molecule has 0 bridgehead atoms. The molecular formula is C12H21N9O4S. The van der Waals surface area contributed by atoms with E-state index in [0.29, 0.717) is 5.96 Å². The fourth-order valence-corrected chi connectivity index (χ4v) is 3.07. The molecule has 2 fully saturated rings. The zero-order chi connectivity index (χ0) is 18.7. The first kappa shape index (κ1) is 18.3. The van der Waals surface area contributed by atoms with Gasteiger partial charge in [-0.1, -0.05) is 0 Å². The smallest absolute Gasteiger partial charge is 0.368 e. The Balaban J connectivity index is 0.000000349. The number of guanidine groups is 3. The van der Waals surface area contributed by atoms with Crippen LogP contribution in [0.5, 0.6) is 0 Å². The summed E-state index contributed by atoms with van der Waals surface area (Å²) in [6.07, 6.45) is 1.71. The first-order valence-electron chi connectivity index (χ1n) is 8.02. The molecule has 13 nitrogen and oxygen atoms in total. The summed E-state index contributed by atoms with van der Waals surface area (Å²) in [5.74, 6) is 2.33. The number of rotatable bonds is 2. The number of fused-ring (bicyclic) bond motifs is 2. The van der Waals surface area contributed by atoms with E-state index >= 15 is 0 Å². The molecule has 144 valence electrons. The lowest BCUT2D eigenvalue weighted by molar-refractivity contribution is 0.381. The molecule has 4 aliphatic rings. The predicted molar refractivity (Wildman–Crippen MR) is 95.5 cm³/mol. The number of nitrogens with two attached hydrogens (primary N) is 1. The minimum Gasteiger partial charge on any atom is -0.368 e. The number of aliphatic imine (C=N–C) groups is 2. The summed E-state index contributed by atoms with van der Waals surface area (Å²) < 4.78 is 31.6. The van der Waals surface area contributed by atoms with E-state index in [1.165, 1.54) is 0 Å². The highest BCUT2D eigenvalue weighted by Crippen LogP contribution is 2.13.